The minimum absolute atomic E-state index is 0.273. The number of aliphatic hydroxyl groups is 1. The lowest BCUT2D eigenvalue weighted by atomic mass is 10.5. The maximum atomic E-state index is 10.1. The van der Waals surface area contributed by atoms with Crippen LogP contribution in [0.25, 0.3) is 0 Å². The molecule has 17 heavy (non-hydrogen) atoms. The quantitative estimate of drug-likeness (QED) is 0.360. The molecule has 1 aliphatic heterocycles. The zero-order valence-electron chi connectivity index (χ0n) is 11.0. The summed E-state index contributed by atoms with van der Waals surface area (Å²) in [4.78, 5) is 0. The number of aliphatic hydroxyl groups excluding tert-OH is 1. The summed E-state index contributed by atoms with van der Waals surface area (Å²) in [5, 5.41) is 10.1. The van der Waals surface area contributed by atoms with Gasteiger partial charge in [0.1, 0.15) is 6.10 Å². The Labute approximate surface area is 104 Å². The molecule has 1 heterocycles. The molecular formula is C11H24O5Si. The van der Waals surface area contributed by atoms with Crippen LogP contribution in [-0.2, 0) is 18.3 Å². The molecule has 0 bridgehead atoms. The fraction of sp³-hybridized carbons (Fsp3) is 1.00. The van der Waals surface area contributed by atoms with Crippen molar-refractivity contribution in [2.24, 2.45) is 0 Å². The molecule has 1 aliphatic rings. The fourth-order valence-electron chi connectivity index (χ4n) is 1.64. The third-order valence-electron chi connectivity index (χ3n) is 2.71. The van der Waals surface area contributed by atoms with Gasteiger partial charge in [-0.3, -0.25) is 0 Å². The highest BCUT2D eigenvalue weighted by Crippen LogP contribution is 2.16. The molecule has 2 unspecified atom stereocenters. The van der Waals surface area contributed by atoms with E-state index in [0.717, 1.165) is 6.61 Å². The second-order valence-corrected chi connectivity index (χ2v) is 7.49. The topological polar surface area (TPSA) is 60.5 Å². The molecule has 1 rings (SSSR count). The van der Waals surface area contributed by atoms with Crippen LogP contribution in [0.4, 0.5) is 0 Å². The molecule has 0 aromatic rings. The average molecular weight is 264 g/mol. The smallest absolute Gasteiger partial charge is 0.364 e. The van der Waals surface area contributed by atoms with E-state index in [-0.39, 0.29) is 6.10 Å². The van der Waals surface area contributed by atoms with E-state index in [2.05, 4.69) is 0 Å². The van der Waals surface area contributed by atoms with Crippen molar-refractivity contribution in [3.8, 4) is 0 Å². The molecule has 102 valence electrons. The summed E-state index contributed by atoms with van der Waals surface area (Å²) in [6, 6.07) is 0. The molecule has 0 spiro atoms. The minimum atomic E-state index is -2.47. The summed E-state index contributed by atoms with van der Waals surface area (Å²) in [6.45, 7) is 8.79. The van der Waals surface area contributed by atoms with Gasteiger partial charge in [0.15, 0.2) is 0 Å². The van der Waals surface area contributed by atoms with Crippen molar-refractivity contribution >= 4 is 8.56 Å². The monoisotopic (exact) mass is 264 g/mol. The Morgan fingerprint density at radius 2 is 1.94 bits per heavy atom. The van der Waals surface area contributed by atoms with Gasteiger partial charge >= 0.3 is 8.56 Å². The van der Waals surface area contributed by atoms with Crippen molar-refractivity contribution in [1.29, 1.82) is 0 Å². The molecule has 1 fully saturated rings. The third kappa shape index (κ3) is 5.46. The first-order chi connectivity index (χ1) is 8.12. The summed E-state index contributed by atoms with van der Waals surface area (Å²) < 4.78 is 21.7. The average Bonchev–Trinajstić information content (AvgIpc) is 3.08. The SMILES string of the molecule is CCO[Si](C)(OCC)C(O)CCOCC1CO1. The van der Waals surface area contributed by atoms with E-state index in [9.17, 15) is 5.11 Å². The lowest BCUT2D eigenvalue weighted by Gasteiger charge is -2.30. The van der Waals surface area contributed by atoms with E-state index in [1.165, 1.54) is 0 Å². The maximum Gasteiger partial charge on any atom is 0.364 e. The summed E-state index contributed by atoms with van der Waals surface area (Å²) in [6.07, 6.45) is 0.824. The Morgan fingerprint density at radius 1 is 1.35 bits per heavy atom. The highest BCUT2D eigenvalue weighted by atomic mass is 28.4. The first-order valence-corrected chi connectivity index (χ1v) is 8.67. The van der Waals surface area contributed by atoms with Gasteiger partial charge in [0.2, 0.25) is 0 Å². The zero-order valence-corrected chi connectivity index (χ0v) is 12.0. The molecular weight excluding hydrogens is 240 g/mol. The Balaban J connectivity index is 2.22. The van der Waals surface area contributed by atoms with E-state index >= 15 is 0 Å². The molecule has 1 saturated heterocycles. The van der Waals surface area contributed by atoms with Crippen molar-refractivity contribution in [2.75, 3.05) is 33.0 Å². The van der Waals surface area contributed by atoms with Crippen LogP contribution in [0.15, 0.2) is 0 Å². The van der Waals surface area contributed by atoms with Gasteiger partial charge in [-0.15, -0.1) is 0 Å². The van der Waals surface area contributed by atoms with Gasteiger partial charge < -0.3 is 23.4 Å². The number of hydrogen-bond donors (Lipinski definition) is 1. The van der Waals surface area contributed by atoms with E-state index in [1.54, 1.807) is 0 Å². The van der Waals surface area contributed by atoms with Gasteiger partial charge in [-0.25, -0.2) is 0 Å². The standard InChI is InChI=1S/C11H24O5Si/c1-4-15-17(3,16-5-2)11(12)6-7-13-8-10-9-14-10/h10-12H,4-9H2,1-3H3. The highest BCUT2D eigenvalue weighted by Gasteiger charge is 2.39. The van der Waals surface area contributed by atoms with Crippen LogP contribution in [0.2, 0.25) is 6.55 Å². The highest BCUT2D eigenvalue weighted by molar-refractivity contribution is 6.67. The Hall–Kier alpha value is 0.0169. The molecule has 0 aromatic heterocycles. The molecule has 0 radical (unpaired) electrons. The number of ether oxygens (including phenoxy) is 2. The van der Waals surface area contributed by atoms with Gasteiger partial charge in [-0.05, 0) is 26.8 Å². The molecule has 2 atom stereocenters. The molecule has 0 aromatic carbocycles. The van der Waals surface area contributed by atoms with E-state index in [4.69, 9.17) is 18.3 Å². The van der Waals surface area contributed by atoms with Crippen LogP contribution >= 0.6 is 0 Å². The molecule has 0 aliphatic carbocycles. The number of hydrogen-bond acceptors (Lipinski definition) is 5. The third-order valence-corrected chi connectivity index (χ3v) is 5.93. The fourth-order valence-corrected chi connectivity index (χ4v) is 3.90. The lowest BCUT2D eigenvalue weighted by molar-refractivity contribution is 0.0671. The largest absolute Gasteiger partial charge is 0.393 e. The van der Waals surface area contributed by atoms with E-state index < -0.39 is 14.3 Å². The second-order valence-electron chi connectivity index (χ2n) is 4.22. The van der Waals surface area contributed by atoms with Crippen LogP contribution in [-0.4, -0.2) is 58.5 Å². The summed E-state index contributed by atoms with van der Waals surface area (Å²) in [5.41, 5.74) is -0.553. The maximum absolute atomic E-state index is 10.1. The van der Waals surface area contributed by atoms with Crippen molar-refractivity contribution in [3.63, 3.8) is 0 Å². The summed E-state index contributed by atoms with van der Waals surface area (Å²) >= 11 is 0. The minimum Gasteiger partial charge on any atom is -0.393 e. The summed E-state index contributed by atoms with van der Waals surface area (Å²) in [7, 11) is -2.47. The zero-order chi connectivity index (χ0) is 12.7. The van der Waals surface area contributed by atoms with E-state index in [0.29, 0.717) is 32.8 Å². The van der Waals surface area contributed by atoms with Gasteiger partial charge in [0.05, 0.1) is 18.9 Å². The molecule has 0 amide bonds. The van der Waals surface area contributed by atoms with Gasteiger partial charge in [-0.1, -0.05) is 0 Å². The lowest BCUT2D eigenvalue weighted by Crippen LogP contribution is -2.51. The van der Waals surface area contributed by atoms with Gasteiger partial charge in [0, 0.05) is 19.8 Å². The van der Waals surface area contributed by atoms with Crippen LogP contribution in [0.3, 0.4) is 0 Å². The van der Waals surface area contributed by atoms with Crippen LogP contribution in [0, 0.1) is 0 Å². The first kappa shape index (κ1) is 15.1. The van der Waals surface area contributed by atoms with E-state index in [1.807, 2.05) is 20.4 Å². The van der Waals surface area contributed by atoms with Crippen molar-refractivity contribution in [3.05, 3.63) is 0 Å². The summed E-state index contributed by atoms with van der Waals surface area (Å²) in [5.74, 6) is 0. The molecule has 6 heteroatoms. The first-order valence-electron chi connectivity index (χ1n) is 6.27. The van der Waals surface area contributed by atoms with Gasteiger partial charge in [-0.2, -0.15) is 0 Å². The van der Waals surface area contributed by atoms with Crippen molar-refractivity contribution in [2.45, 2.75) is 38.6 Å². The van der Waals surface area contributed by atoms with Crippen LogP contribution in [0.5, 0.6) is 0 Å². The Morgan fingerprint density at radius 3 is 2.41 bits per heavy atom. The van der Waals surface area contributed by atoms with Crippen molar-refractivity contribution in [1.82, 2.24) is 0 Å². The number of epoxide rings is 1. The second kappa shape index (κ2) is 7.45. The number of rotatable bonds is 10. The van der Waals surface area contributed by atoms with Crippen molar-refractivity contribution < 1.29 is 23.4 Å². The van der Waals surface area contributed by atoms with Crippen LogP contribution in [0.1, 0.15) is 20.3 Å². The Bertz CT molecular complexity index is 204. The normalized spacial score (nSPS) is 21.5. The predicted octanol–water partition coefficient (Wildman–Crippen LogP) is 0.837. The molecule has 1 N–H and O–H groups in total. The molecule has 0 saturated carbocycles. The Kier molecular flexibility index (Phi) is 6.61. The van der Waals surface area contributed by atoms with Gasteiger partial charge in [0.25, 0.3) is 0 Å². The van der Waals surface area contributed by atoms with Crippen LogP contribution < -0.4 is 0 Å². The predicted molar refractivity (Wildman–Crippen MR) is 66.1 cm³/mol. The molecule has 5 nitrogen and oxygen atoms in total.